The van der Waals surface area contributed by atoms with E-state index in [1.807, 2.05) is 19.2 Å². The van der Waals surface area contributed by atoms with Gasteiger partial charge in [-0.15, -0.1) is 5.10 Å². The van der Waals surface area contributed by atoms with Gasteiger partial charge in [0.1, 0.15) is 6.04 Å². The molecule has 0 spiro atoms. The number of imide groups is 1. The highest BCUT2D eigenvalue weighted by atomic mass is 16.2. The number of benzene rings is 2. The number of piperidine rings is 1. The Morgan fingerprint density at radius 1 is 1.11 bits per heavy atom. The lowest BCUT2D eigenvalue weighted by Crippen LogP contribution is -2.52. The molecular formula is C26H25N7O4. The molecule has 4 heterocycles. The first-order chi connectivity index (χ1) is 17.9. The second-order valence-corrected chi connectivity index (χ2v) is 9.63. The van der Waals surface area contributed by atoms with Crippen LogP contribution in [0.15, 0.2) is 48.7 Å². The zero-order chi connectivity index (χ0) is 25.7. The lowest BCUT2D eigenvalue weighted by atomic mass is 10.0. The summed E-state index contributed by atoms with van der Waals surface area (Å²) < 4.78 is 1.49. The molecule has 11 nitrogen and oxygen atoms in total. The summed E-state index contributed by atoms with van der Waals surface area (Å²) in [5.74, 6) is -1.33. The average Bonchev–Trinajstić information content (AvgIpc) is 3.58. The van der Waals surface area contributed by atoms with Gasteiger partial charge in [-0.2, -0.15) is 0 Å². The topological polar surface area (TPSA) is 130 Å². The highest BCUT2D eigenvalue weighted by Crippen LogP contribution is 2.32. The van der Waals surface area contributed by atoms with Gasteiger partial charge in [0.05, 0.1) is 17.9 Å². The van der Waals surface area contributed by atoms with Crippen LogP contribution in [0.1, 0.15) is 56.4 Å². The van der Waals surface area contributed by atoms with Crippen molar-refractivity contribution in [1.29, 1.82) is 0 Å². The molecule has 0 bridgehead atoms. The van der Waals surface area contributed by atoms with Gasteiger partial charge < -0.3 is 10.2 Å². The number of carbonyl (C=O) groups excluding carboxylic acids is 4. The van der Waals surface area contributed by atoms with E-state index in [0.717, 1.165) is 12.1 Å². The molecule has 2 atom stereocenters. The van der Waals surface area contributed by atoms with Crippen LogP contribution in [0.2, 0.25) is 0 Å². The number of hydrogen-bond acceptors (Lipinski definition) is 7. The van der Waals surface area contributed by atoms with E-state index in [9.17, 15) is 19.2 Å². The summed E-state index contributed by atoms with van der Waals surface area (Å²) in [6, 6.07) is 12.9. The first-order valence-corrected chi connectivity index (χ1v) is 12.2. The monoisotopic (exact) mass is 499 g/mol. The Morgan fingerprint density at radius 2 is 1.95 bits per heavy atom. The van der Waals surface area contributed by atoms with Crippen molar-refractivity contribution >= 4 is 23.6 Å². The van der Waals surface area contributed by atoms with Crippen molar-refractivity contribution in [2.24, 2.45) is 0 Å². The van der Waals surface area contributed by atoms with E-state index < -0.39 is 11.9 Å². The molecule has 6 rings (SSSR count). The van der Waals surface area contributed by atoms with Crippen LogP contribution < -0.4 is 10.6 Å². The van der Waals surface area contributed by atoms with E-state index in [1.165, 1.54) is 20.7 Å². The lowest BCUT2D eigenvalue weighted by molar-refractivity contribution is -0.136. The molecule has 3 aliphatic rings. The Hall–Kier alpha value is -4.38. The Labute approximate surface area is 212 Å². The van der Waals surface area contributed by atoms with Gasteiger partial charge in [-0.1, -0.05) is 29.5 Å². The number of amides is 4. The molecule has 3 aliphatic heterocycles. The van der Waals surface area contributed by atoms with Crippen molar-refractivity contribution in [2.45, 2.75) is 38.0 Å². The van der Waals surface area contributed by atoms with Crippen LogP contribution in [0.5, 0.6) is 0 Å². The lowest BCUT2D eigenvalue weighted by Gasteiger charge is -2.29. The molecule has 188 valence electrons. The molecule has 37 heavy (non-hydrogen) atoms. The first-order valence-electron chi connectivity index (χ1n) is 12.2. The number of fused-ring (bicyclic) bond motifs is 2. The van der Waals surface area contributed by atoms with Gasteiger partial charge in [0.25, 0.3) is 11.8 Å². The van der Waals surface area contributed by atoms with E-state index in [2.05, 4.69) is 38.0 Å². The Morgan fingerprint density at radius 3 is 2.78 bits per heavy atom. The summed E-state index contributed by atoms with van der Waals surface area (Å²) in [7, 11) is 2.03. The minimum Gasteiger partial charge on any atom is -0.349 e. The standard InChI is InChI=1S/C26H25N7O4/c1-31-12-15-4-2-3-5-18(15)22(31)11-27-24(35)20-14-33(30-29-20)17-6-7-19-16(10-17)13-32(26(19)37)21-8-9-23(34)28-25(21)36/h2-7,10,14,21-22H,8-9,11-13H2,1H3,(H,27,35)(H,28,34,36). The predicted octanol–water partition coefficient (Wildman–Crippen LogP) is 0.945. The van der Waals surface area contributed by atoms with E-state index in [0.29, 0.717) is 24.2 Å². The van der Waals surface area contributed by atoms with Crippen LogP contribution in [0.25, 0.3) is 5.69 Å². The maximum absolute atomic E-state index is 12.9. The number of carbonyl (C=O) groups is 4. The van der Waals surface area contributed by atoms with E-state index in [1.54, 1.807) is 24.4 Å². The van der Waals surface area contributed by atoms with Crippen molar-refractivity contribution in [3.63, 3.8) is 0 Å². The van der Waals surface area contributed by atoms with Gasteiger partial charge in [-0.25, -0.2) is 4.68 Å². The largest absolute Gasteiger partial charge is 0.349 e. The maximum Gasteiger partial charge on any atom is 0.273 e. The van der Waals surface area contributed by atoms with Crippen LogP contribution in [-0.4, -0.2) is 68.1 Å². The minimum atomic E-state index is -0.673. The van der Waals surface area contributed by atoms with E-state index >= 15 is 0 Å². The molecule has 0 radical (unpaired) electrons. The number of likely N-dealkylation sites (N-methyl/N-ethyl adjacent to an activating group) is 1. The van der Waals surface area contributed by atoms with Crippen molar-refractivity contribution in [2.75, 3.05) is 13.6 Å². The third-order valence-electron chi connectivity index (χ3n) is 7.32. The summed E-state index contributed by atoms with van der Waals surface area (Å²) in [5, 5.41) is 13.4. The van der Waals surface area contributed by atoms with Gasteiger partial charge in [-0.05, 0) is 48.4 Å². The van der Waals surface area contributed by atoms with Crippen LogP contribution in [0.3, 0.4) is 0 Å². The van der Waals surface area contributed by atoms with Gasteiger partial charge in [-0.3, -0.25) is 29.4 Å². The molecule has 2 aromatic carbocycles. The van der Waals surface area contributed by atoms with Gasteiger partial charge in [0.15, 0.2) is 5.69 Å². The number of hydrogen-bond donors (Lipinski definition) is 2. The summed E-state index contributed by atoms with van der Waals surface area (Å²) in [6.07, 6.45) is 2.06. The quantitative estimate of drug-likeness (QED) is 0.500. The molecule has 2 N–H and O–H groups in total. The average molecular weight is 500 g/mol. The summed E-state index contributed by atoms with van der Waals surface area (Å²) in [6.45, 7) is 1.55. The van der Waals surface area contributed by atoms with Crippen molar-refractivity contribution in [3.05, 3.63) is 76.6 Å². The van der Waals surface area contributed by atoms with Crippen LogP contribution in [0.4, 0.5) is 0 Å². The fraction of sp³-hybridized carbons (Fsp3) is 0.308. The maximum atomic E-state index is 12.9. The number of nitrogens with one attached hydrogen (secondary N) is 2. The second kappa shape index (κ2) is 8.93. The number of rotatable bonds is 5. The van der Waals surface area contributed by atoms with Crippen LogP contribution >= 0.6 is 0 Å². The third kappa shape index (κ3) is 4.06. The molecule has 1 fully saturated rings. The molecule has 0 aliphatic carbocycles. The van der Waals surface area contributed by atoms with Crippen molar-refractivity contribution in [3.8, 4) is 5.69 Å². The molecule has 0 saturated carbocycles. The summed E-state index contributed by atoms with van der Waals surface area (Å²) in [5.41, 5.74) is 4.57. The summed E-state index contributed by atoms with van der Waals surface area (Å²) >= 11 is 0. The molecule has 2 unspecified atom stereocenters. The second-order valence-electron chi connectivity index (χ2n) is 9.63. The normalized spacial score (nSPS) is 21.1. The molecule has 3 aromatic rings. The van der Waals surface area contributed by atoms with Crippen LogP contribution in [-0.2, 0) is 22.7 Å². The van der Waals surface area contributed by atoms with Crippen LogP contribution in [0, 0.1) is 0 Å². The highest BCUT2D eigenvalue weighted by Gasteiger charge is 2.39. The highest BCUT2D eigenvalue weighted by molar-refractivity contribution is 6.05. The molecule has 1 saturated heterocycles. The molecule has 11 heteroatoms. The van der Waals surface area contributed by atoms with Crippen molar-refractivity contribution in [1.82, 2.24) is 35.4 Å². The zero-order valence-electron chi connectivity index (χ0n) is 20.2. The Balaban J connectivity index is 1.14. The van der Waals surface area contributed by atoms with E-state index in [-0.39, 0.29) is 42.4 Å². The molecular weight excluding hydrogens is 474 g/mol. The number of aromatic nitrogens is 3. The van der Waals surface area contributed by atoms with Gasteiger partial charge in [0, 0.05) is 31.6 Å². The minimum absolute atomic E-state index is 0.0942. The fourth-order valence-corrected chi connectivity index (χ4v) is 5.36. The van der Waals surface area contributed by atoms with E-state index in [4.69, 9.17) is 0 Å². The Kier molecular flexibility index (Phi) is 5.56. The first kappa shape index (κ1) is 23.0. The van der Waals surface area contributed by atoms with Gasteiger partial charge >= 0.3 is 0 Å². The molecule has 1 aromatic heterocycles. The predicted molar refractivity (Wildman–Crippen MR) is 130 cm³/mol. The molecule has 4 amide bonds. The van der Waals surface area contributed by atoms with Gasteiger partial charge in [0.2, 0.25) is 11.8 Å². The Bertz CT molecular complexity index is 1450. The number of nitrogens with zero attached hydrogens (tertiary/aromatic N) is 5. The summed E-state index contributed by atoms with van der Waals surface area (Å²) in [4.78, 5) is 53.2. The fourth-order valence-electron chi connectivity index (χ4n) is 5.36. The van der Waals surface area contributed by atoms with Crippen molar-refractivity contribution < 1.29 is 19.2 Å². The smallest absolute Gasteiger partial charge is 0.273 e. The third-order valence-corrected chi connectivity index (χ3v) is 7.32. The SMILES string of the molecule is CN1Cc2ccccc2C1CNC(=O)c1cn(-c2ccc3c(c2)CN(C2CCC(=O)NC2=O)C3=O)nn1. The zero-order valence-corrected chi connectivity index (χ0v) is 20.2.